The lowest BCUT2D eigenvalue weighted by molar-refractivity contribution is 0.0767. The molecule has 0 spiro atoms. The van der Waals surface area contributed by atoms with Crippen molar-refractivity contribution in [1.29, 1.82) is 0 Å². The summed E-state index contributed by atoms with van der Waals surface area (Å²) in [5, 5.41) is 18.4. The van der Waals surface area contributed by atoms with Gasteiger partial charge >= 0.3 is 0 Å². The van der Waals surface area contributed by atoms with Gasteiger partial charge in [-0.25, -0.2) is 0 Å². The molecule has 1 aromatic carbocycles. The lowest BCUT2D eigenvalue weighted by Gasteiger charge is -2.27. The quantitative estimate of drug-likeness (QED) is 0.909. The number of carbonyl (C=O) groups is 1. The zero-order chi connectivity index (χ0) is 18.0. The predicted molar refractivity (Wildman–Crippen MR) is 99.2 cm³/mol. The highest BCUT2D eigenvalue weighted by molar-refractivity contribution is 5.92. The molecule has 0 saturated carbocycles. The molecule has 3 heterocycles. The van der Waals surface area contributed by atoms with E-state index in [-0.39, 0.29) is 17.9 Å². The summed E-state index contributed by atoms with van der Waals surface area (Å²) in [6.45, 7) is 3.15. The second-order valence-electron chi connectivity index (χ2n) is 7.25. The second kappa shape index (κ2) is 7.03. The Hall–Kier alpha value is -2.47. The average molecular weight is 352 g/mol. The van der Waals surface area contributed by atoms with E-state index in [9.17, 15) is 9.90 Å². The molecule has 0 aliphatic carbocycles. The van der Waals surface area contributed by atoms with Gasteiger partial charge in [0.1, 0.15) is 0 Å². The summed E-state index contributed by atoms with van der Waals surface area (Å²) < 4.78 is 0. The zero-order valence-corrected chi connectivity index (χ0v) is 14.8. The fourth-order valence-electron chi connectivity index (χ4n) is 4.01. The number of anilines is 1. The number of rotatable bonds is 4. The first kappa shape index (κ1) is 17.0. The van der Waals surface area contributed by atoms with Crippen molar-refractivity contribution < 1.29 is 9.90 Å². The lowest BCUT2D eigenvalue weighted by atomic mass is 9.80. The van der Waals surface area contributed by atoms with Gasteiger partial charge in [-0.05, 0) is 37.0 Å². The van der Waals surface area contributed by atoms with E-state index < -0.39 is 0 Å². The third-order valence-electron chi connectivity index (χ3n) is 5.63. The smallest absolute Gasteiger partial charge is 0.274 e. The van der Waals surface area contributed by atoms with Crippen molar-refractivity contribution in [2.75, 3.05) is 37.7 Å². The fraction of sp³-hybridized carbons (Fsp3) is 0.450. The summed E-state index contributed by atoms with van der Waals surface area (Å²) in [4.78, 5) is 16.8. The van der Waals surface area contributed by atoms with Crippen LogP contribution in [0.4, 0.5) is 5.82 Å². The maximum Gasteiger partial charge on any atom is 0.274 e. The minimum atomic E-state index is -0.389. The minimum Gasteiger partial charge on any atom is -0.395 e. The monoisotopic (exact) mass is 352 g/mol. The van der Waals surface area contributed by atoms with Gasteiger partial charge < -0.3 is 14.9 Å². The summed E-state index contributed by atoms with van der Waals surface area (Å²) in [6.07, 6.45) is 3.11. The first-order valence-corrected chi connectivity index (χ1v) is 9.26. The molecule has 1 unspecified atom stereocenters. The lowest BCUT2D eigenvalue weighted by Crippen LogP contribution is -2.37. The predicted octanol–water partition coefficient (Wildman–Crippen LogP) is 1.85. The van der Waals surface area contributed by atoms with Crippen LogP contribution in [0.1, 0.15) is 35.3 Å². The number of benzene rings is 1. The van der Waals surface area contributed by atoms with Crippen LogP contribution in [0.5, 0.6) is 0 Å². The van der Waals surface area contributed by atoms with Crippen LogP contribution < -0.4 is 4.90 Å². The summed E-state index contributed by atoms with van der Waals surface area (Å²) in [5.74, 6) is 0.728. The molecule has 6 nitrogen and oxygen atoms in total. The first-order valence-electron chi connectivity index (χ1n) is 9.26. The molecule has 136 valence electrons. The highest BCUT2D eigenvalue weighted by Crippen LogP contribution is 2.34. The first-order chi connectivity index (χ1) is 12.7. The van der Waals surface area contributed by atoms with Crippen LogP contribution in [0.15, 0.2) is 42.5 Å². The van der Waals surface area contributed by atoms with E-state index in [1.54, 1.807) is 11.0 Å². The van der Waals surface area contributed by atoms with E-state index in [4.69, 9.17) is 0 Å². The molecule has 2 fully saturated rings. The van der Waals surface area contributed by atoms with Gasteiger partial charge in [0.15, 0.2) is 11.5 Å². The van der Waals surface area contributed by atoms with Crippen molar-refractivity contribution in [3.05, 3.63) is 53.7 Å². The number of carbonyl (C=O) groups excluding carboxylic acids is 1. The molecular formula is C20H24N4O2. The Morgan fingerprint density at radius 3 is 2.46 bits per heavy atom. The van der Waals surface area contributed by atoms with E-state index in [0.29, 0.717) is 18.8 Å². The summed E-state index contributed by atoms with van der Waals surface area (Å²) in [7, 11) is 0. The molecule has 6 heteroatoms. The van der Waals surface area contributed by atoms with E-state index in [1.165, 1.54) is 12.8 Å². The molecule has 2 aliphatic heterocycles. The maximum atomic E-state index is 12.8. The highest BCUT2D eigenvalue weighted by atomic mass is 16.3. The number of hydrogen-bond acceptors (Lipinski definition) is 5. The zero-order valence-electron chi connectivity index (χ0n) is 14.8. The Labute approximate surface area is 153 Å². The maximum absolute atomic E-state index is 12.8. The van der Waals surface area contributed by atoms with Gasteiger partial charge in [0.05, 0.1) is 6.61 Å². The number of nitrogens with zero attached hydrogens (tertiary/aromatic N) is 4. The van der Waals surface area contributed by atoms with Crippen LogP contribution in [0.3, 0.4) is 0 Å². The van der Waals surface area contributed by atoms with Crippen molar-refractivity contribution in [2.24, 2.45) is 0 Å². The molecular weight excluding hydrogens is 328 g/mol. The molecule has 1 aromatic heterocycles. The highest BCUT2D eigenvalue weighted by Gasteiger charge is 2.41. The standard InChI is InChI=1S/C20H24N4O2/c25-15-20(16-6-2-1-3-7-16)10-13-24(14-20)19(26)17-8-9-18(22-21-17)23-11-4-5-12-23/h1-3,6-9,25H,4-5,10-15H2. The SMILES string of the molecule is O=C(c1ccc(N2CCCC2)nn1)N1CCC(CO)(c2ccccc2)C1. The Kier molecular flexibility index (Phi) is 4.59. The number of likely N-dealkylation sites (tertiary alicyclic amines) is 1. The largest absolute Gasteiger partial charge is 0.395 e. The van der Waals surface area contributed by atoms with E-state index >= 15 is 0 Å². The number of aliphatic hydroxyl groups excluding tert-OH is 1. The van der Waals surface area contributed by atoms with Gasteiger partial charge in [-0.15, -0.1) is 10.2 Å². The van der Waals surface area contributed by atoms with Crippen LogP contribution in [0.2, 0.25) is 0 Å². The molecule has 4 rings (SSSR count). The Bertz CT molecular complexity index is 759. The number of hydrogen-bond donors (Lipinski definition) is 1. The Balaban J connectivity index is 1.49. The van der Waals surface area contributed by atoms with Gasteiger partial charge in [0.25, 0.3) is 5.91 Å². The fourth-order valence-corrected chi connectivity index (χ4v) is 4.01. The van der Waals surface area contributed by atoms with Crippen LogP contribution in [-0.2, 0) is 5.41 Å². The molecule has 2 aromatic rings. The van der Waals surface area contributed by atoms with Gasteiger partial charge in [0.2, 0.25) is 0 Å². The summed E-state index contributed by atoms with van der Waals surface area (Å²) in [5.41, 5.74) is 1.06. The Morgan fingerprint density at radius 1 is 1.04 bits per heavy atom. The Morgan fingerprint density at radius 2 is 1.81 bits per heavy atom. The molecule has 2 aliphatic rings. The van der Waals surface area contributed by atoms with Crippen molar-refractivity contribution in [2.45, 2.75) is 24.7 Å². The molecule has 26 heavy (non-hydrogen) atoms. The number of aromatic nitrogens is 2. The van der Waals surface area contributed by atoms with Gasteiger partial charge in [-0.3, -0.25) is 4.79 Å². The number of aliphatic hydroxyl groups is 1. The molecule has 1 atom stereocenters. The van der Waals surface area contributed by atoms with Gasteiger partial charge in [-0.1, -0.05) is 30.3 Å². The average Bonchev–Trinajstić information content (AvgIpc) is 3.39. The molecule has 2 saturated heterocycles. The third-order valence-corrected chi connectivity index (χ3v) is 5.63. The molecule has 0 bridgehead atoms. The summed E-state index contributed by atoms with van der Waals surface area (Å²) >= 11 is 0. The number of amides is 1. The van der Waals surface area contributed by atoms with Gasteiger partial charge in [-0.2, -0.15) is 0 Å². The van der Waals surface area contributed by atoms with Crippen molar-refractivity contribution in [3.8, 4) is 0 Å². The molecule has 1 amide bonds. The van der Waals surface area contributed by atoms with E-state index in [1.807, 2.05) is 36.4 Å². The minimum absolute atomic E-state index is 0.0281. The topological polar surface area (TPSA) is 69.6 Å². The van der Waals surface area contributed by atoms with Gasteiger partial charge in [0, 0.05) is 31.6 Å². The van der Waals surface area contributed by atoms with Crippen LogP contribution in [0.25, 0.3) is 0 Å². The van der Waals surface area contributed by atoms with Crippen LogP contribution in [0, 0.1) is 0 Å². The van der Waals surface area contributed by atoms with Crippen LogP contribution >= 0.6 is 0 Å². The van der Waals surface area contributed by atoms with E-state index in [0.717, 1.165) is 30.9 Å². The normalized spacial score (nSPS) is 22.8. The van der Waals surface area contributed by atoms with Crippen molar-refractivity contribution in [1.82, 2.24) is 15.1 Å². The molecule has 0 radical (unpaired) electrons. The van der Waals surface area contributed by atoms with Crippen LogP contribution in [-0.4, -0.2) is 58.9 Å². The third kappa shape index (κ3) is 3.05. The van der Waals surface area contributed by atoms with Crippen molar-refractivity contribution >= 4 is 11.7 Å². The summed E-state index contributed by atoms with van der Waals surface area (Å²) in [6, 6.07) is 13.6. The van der Waals surface area contributed by atoms with Crippen molar-refractivity contribution in [3.63, 3.8) is 0 Å². The second-order valence-corrected chi connectivity index (χ2v) is 7.25. The van der Waals surface area contributed by atoms with E-state index in [2.05, 4.69) is 15.1 Å². The molecule has 1 N–H and O–H groups in total.